The number of hydrogen-bond acceptors (Lipinski definition) is 3. The smallest absolute Gasteiger partial charge is 0.314 e. The Labute approximate surface area is 109 Å². The molecule has 0 aromatic heterocycles. The van der Waals surface area contributed by atoms with Crippen molar-refractivity contribution in [1.29, 1.82) is 0 Å². The minimum atomic E-state index is -0.0756. The standard InChI is InChI=1S/C15H21NO2/c1-10-4-5-11(2)14(12(10)3)18-15(17)13-6-8-16-9-7-13/h4-5,13,16H,6-9H2,1-3H3. The fraction of sp³-hybridized carbons (Fsp3) is 0.533. The number of aryl methyl sites for hydroxylation is 2. The maximum Gasteiger partial charge on any atom is 0.314 e. The highest BCUT2D eigenvalue weighted by atomic mass is 16.5. The predicted octanol–water partition coefficient (Wildman–Crippen LogP) is 2.52. The molecule has 0 spiro atoms. The van der Waals surface area contributed by atoms with Crippen LogP contribution in [0.1, 0.15) is 29.5 Å². The zero-order valence-corrected chi connectivity index (χ0v) is 11.4. The first-order valence-electron chi connectivity index (χ1n) is 6.59. The van der Waals surface area contributed by atoms with Crippen LogP contribution in [-0.2, 0) is 4.79 Å². The van der Waals surface area contributed by atoms with E-state index in [1.54, 1.807) is 0 Å². The predicted molar refractivity (Wildman–Crippen MR) is 71.9 cm³/mol. The summed E-state index contributed by atoms with van der Waals surface area (Å²) in [5.74, 6) is 0.720. The molecule has 0 unspecified atom stereocenters. The van der Waals surface area contributed by atoms with Gasteiger partial charge in [0.05, 0.1) is 5.92 Å². The summed E-state index contributed by atoms with van der Waals surface area (Å²) in [6, 6.07) is 4.07. The molecule has 0 radical (unpaired) electrons. The molecule has 1 aliphatic rings. The minimum Gasteiger partial charge on any atom is -0.426 e. The average Bonchev–Trinajstić information content (AvgIpc) is 2.40. The van der Waals surface area contributed by atoms with Gasteiger partial charge in [-0.1, -0.05) is 12.1 Å². The number of hydrogen-bond donors (Lipinski definition) is 1. The molecule has 98 valence electrons. The molecule has 1 aliphatic heterocycles. The van der Waals surface area contributed by atoms with Crippen LogP contribution in [0, 0.1) is 26.7 Å². The first-order valence-corrected chi connectivity index (χ1v) is 6.59. The van der Waals surface area contributed by atoms with E-state index in [0.717, 1.165) is 48.4 Å². The number of ether oxygens (including phenoxy) is 1. The number of benzene rings is 1. The van der Waals surface area contributed by atoms with Crippen LogP contribution >= 0.6 is 0 Å². The number of carbonyl (C=O) groups is 1. The summed E-state index contributed by atoms with van der Waals surface area (Å²) in [6.45, 7) is 7.85. The van der Waals surface area contributed by atoms with E-state index in [9.17, 15) is 4.79 Å². The van der Waals surface area contributed by atoms with Gasteiger partial charge in [0, 0.05) is 0 Å². The van der Waals surface area contributed by atoms with Gasteiger partial charge in [-0.3, -0.25) is 4.79 Å². The maximum absolute atomic E-state index is 12.1. The van der Waals surface area contributed by atoms with E-state index in [1.807, 2.05) is 26.8 Å². The summed E-state index contributed by atoms with van der Waals surface area (Å²) in [4.78, 5) is 12.1. The molecule has 1 saturated heterocycles. The summed E-state index contributed by atoms with van der Waals surface area (Å²) < 4.78 is 5.63. The van der Waals surface area contributed by atoms with Gasteiger partial charge in [-0.15, -0.1) is 0 Å². The molecule has 0 atom stereocenters. The molecule has 3 nitrogen and oxygen atoms in total. The Morgan fingerprint density at radius 3 is 2.44 bits per heavy atom. The summed E-state index contributed by atoms with van der Waals surface area (Å²) in [7, 11) is 0. The van der Waals surface area contributed by atoms with Crippen LogP contribution in [0.5, 0.6) is 5.75 Å². The monoisotopic (exact) mass is 247 g/mol. The summed E-state index contributed by atoms with van der Waals surface area (Å²) in [5.41, 5.74) is 3.26. The van der Waals surface area contributed by atoms with Crippen LogP contribution in [0.25, 0.3) is 0 Å². The van der Waals surface area contributed by atoms with Crippen molar-refractivity contribution in [2.75, 3.05) is 13.1 Å². The highest BCUT2D eigenvalue weighted by Gasteiger charge is 2.23. The Hall–Kier alpha value is -1.35. The van der Waals surface area contributed by atoms with E-state index in [4.69, 9.17) is 4.74 Å². The van der Waals surface area contributed by atoms with Crippen molar-refractivity contribution in [3.63, 3.8) is 0 Å². The summed E-state index contributed by atoms with van der Waals surface area (Å²) >= 11 is 0. The van der Waals surface area contributed by atoms with Crippen LogP contribution < -0.4 is 10.1 Å². The maximum atomic E-state index is 12.1. The van der Waals surface area contributed by atoms with Gasteiger partial charge in [0.2, 0.25) is 0 Å². The largest absolute Gasteiger partial charge is 0.426 e. The second-order valence-corrected chi connectivity index (χ2v) is 5.10. The van der Waals surface area contributed by atoms with Crippen molar-refractivity contribution >= 4 is 5.97 Å². The molecule has 0 amide bonds. The Kier molecular flexibility index (Phi) is 4.02. The topological polar surface area (TPSA) is 38.3 Å². The number of carbonyl (C=O) groups excluding carboxylic acids is 1. The van der Waals surface area contributed by atoms with Crippen molar-refractivity contribution in [3.05, 3.63) is 28.8 Å². The number of piperidine rings is 1. The molecular formula is C15H21NO2. The zero-order valence-electron chi connectivity index (χ0n) is 11.4. The van der Waals surface area contributed by atoms with E-state index in [1.165, 1.54) is 0 Å². The first kappa shape index (κ1) is 13.1. The van der Waals surface area contributed by atoms with Crippen molar-refractivity contribution in [1.82, 2.24) is 5.32 Å². The average molecular weight is 247 g/mol. The van der Waals surface area contributed by atoms with Gasteiger partial charge in [-0.2, -0.15) is 0 Å². The highest BCUT2D eigenvalue weighted by Crippen LogP contribution is 2.27. The lowest BCUT2D eigenvalue weighted by molar-refractivity contribution is -0.139. The SMILES string of the molecule is Cc1ccc(C)c(OC(=O)C2CCNCC2)c1C. The summed E-state index contributed by atoms with van der Waals surface area (Å²) in [6.07, 6.45) is 1.76. The number of nitrogens with one attached hydrogen (secondary N) is 1. The molecule has 0 saturated carbocycles. The molecule has 1 N–H and O–H groups in total. The Morgan fingerprint density at radius 1 is 1.17 bits per heavy atom. The normalized spacial score (nSPS) is 16.6. The van der Waals surface area contributed by atoms with Crippen LogP contribution in [0.4, 0.5) is 0 Å². The van der Waals surface area contributed by atoms with Gasteiger partial charge in [0.1, 0.15) is 5.75 Å². The van der Waals surface area contributed by atoms with Gasteiger partial charge in [0.25, 0.3) is 0 Å². The molecule has 0 bridgehead atoms. The fourth-order valence-electron chi connectivity index (χ4n) is 2.32. The third-order valence-corrected chi connectivity index (χ3v) is 3.75. The summed E-state index contributed by atoms with van der Waals surface area (Å²) in [5, 5.41) is 3.26. The first-order chi connectivity index (χ1) is 8.59. The molecule has 1 fully saturated rings. The van der Waals surface area contributed by atoms with Crippen molar-refractivity contribution in [2.24, 2.45) is 5.92 Å². The van der Waals surface area contributed by atoms with Crippen molar-refractivity contribution in [3.8, 4) is 5.75 Å². The Bertz CT molecular complexity index is 448. The number of rotatable bonds is 2. The van der Waals surface area contributed by atoms with Crippen LogP contribution in [0.2, 0.25) is 0 Å². The Morgan fingerprint density at radius 2 is 1.78 bits per heavy atom. The van der Waals surface area contributed by atoms with Crippen LogP contribution in [-0.4, -0.2) is 19.1 Å². The van der Waals surface area contributed by atoms with E-state index in [2.05, 4.69) is 11.4 Å². The molecule has 1 aromatic rings. The van der Waals surface area contributed by atoms with E-state index in [0.29, 0.717) is 0 Å². The lowest BCUT2D eigenvalue weighted by atomic mass is 9.98. The van der Waals surface area contributed by atoms with Gasteiger partial charge < -0.3 is 10.1 Å². The second-order valence-electron chi connectivity index (χ2n) is 5.10. The molecule has 1 heterocycles. The quantitative estimate of drug-likeness (QED) is 0.644. The molecule has 2 rings (SSSR count). The fourth-order valence-corrected chi connectivity index (χ4v) is 2.32. The Balaban J connectivity index is 2.13. The van der Waals surface area contributed by atoms with Crippen molar-refractivity contribution < 1.29 is 9.53 Å². The van der Waals surface area contributed by atoms with Crippen LogP contribution in [0.15, 0.2) is 12.1 Å². The molecule has 0 aliphatic carbocycles. The zero-order chi connectivity index (χ0) is 13.1. The van der Waals surface area contributed by atoms with Crippen LogP contribution in [0.3, 0.4) is 0 Å². The highest BCUT2D eigenvalue weighted by molar-refractivity contribution is 5.76. The molecular weight excluding hydrogens is 226 g/mol. The van der Waals surface area contributed by atoms with E-state index < -0.39 is 0 Å². The number of esters is 1. The lowest BCUT2D eigenvalue weighted by Crippen LogP contribution is -2.34. The minimum absolute atomic E-state index is 0.0468. The van der Waals surface area contributed by atoms with Gasteiger partial charge >= 0.3 is 5.97 Å². The van der Waals surface area contributed by atoms with Gasteiger partial charge in [-0.05, 0) is 63.4 Å². The van der Waals surface area contributed by atoms with E-state index >= 15 is 0 Å². The van der Waals surface area contributed by atoms with Crippen molar-refractivity contribution in [2.45, 2.75) is 33.6 Å². The third-order valence-electron chi connectivity index (χ3n) is 3.75. The van der Waals surface area contributed by atoms with E-state index in [-0.39, 0.29) is 11.9 Å². The van der Waals surface area contributed by atoms with Gasteiger partial charge in [0.15, 0.2) is 0 Å². The molecule has 3 heteroatoms. The second kappa shape index (κ2) is 5.53. The van der Waals surface area contributed by atoms with Gasteiger partial charge in [-0.25, -0.2) is 0 Å². The lowest BCUT2D eigenvalue weighted by Gasteiger charge is -2.22. The molecule has 18 heavy (non-hydrogen) atoms. The third kappa shape index (κ3) is 2.72. The molecule has 1 aromatic carbocycles.